The number of nitrogens with zero attached hydrogens (tertiary/aromatic N) is 9. The number of aliphatic imine (C=N–C) groups is 2. The minimum absolute atomic E-state index is 0.445. The Labute approximate surface area is 260 Å². The van der Waals surface area contributed by atoms with E-state index in [-0.39, 0.29) is 0 Å². The molecule has 0 fully saturated rings. The van der Waals surface area contributed by atoms with Gasteiger partial charge in [-0.3, -0.25) is 23.7 Å². The zero-order valence-corrected chi connectivity index (χ0v) is 24.1. The van der Waals surface area contributed by atoms with Crippen LogP contribution in [-0.2, 0) is 0 Å². The third kappa shape index (κ3) is 3.40. The molecule has 10 rings (SSSR count). The van der Waals surface area contributed by atoms with Crippen LogP contribution in [-0.4, -0.2) is 45.4 Å². The fourth-order valence-corrected chi connectivity index (χ4v) is 6.65. The van der Waals surface area contributed by atoms with Crippen LogP contribution < -0.4 is 0 Å². The number of rotatable bonds is 1. The number of para-hydroxylation sites is 2. The lowest BCUT2D eigenvalue weighted by atomic mass is 10.2. The highest BCUT2D eigenvalue weighted by Crippen LogP contribution is 2.33. The van der Waals surface area contributed by atoms with E-state index in [9.17, 15) is 0 Å². The van der Waals surface area contributed by atoms with Gasteiger partial charge in [-0.15, -0.1) is 0 Å². The molecule has 8 heterocycles. The number of allylic oxidation sites excluding steroid dienone is 1. The quantitative estimate of drug-likeness (QED) is 0.186. The molecule has 7 aromatic heterocycles. The van der Waals surface area contributed by atoms with Crippen molar-refractivity contribution in [2.45, 2.75) is 0 Å². The summed E-state index contributed by atoms with van der Waals surface area (Å²) in [7, 11) is 0. The molecule has 9 heteroatoms. The smallest absolute Gasteiger partial charge is 0.240 e. The average Bonchev–Trinajstić information content (AvgIpc) is 3.69. The van der Waals surface area contributed by atoms with Crippen molar-refractivity contribution in [2.24, 2.45) is 9.98 Å². The molecule has 0 aliphatic carbocycles. The summed E-state index contributed by atoms with van der Waals surface area (Å²) < 4.78 is 6.15. The van der Waals surface area contributed by atoms with Crippen molar-refractivity contribution < 1.29 is 0 Å². The van der Waals surface area contributed by atoms with Crippen molar-refractivity contribution >= 4 is 83.6 Å². The molecule has 0 spiro atoms. The summed E-state index contributed by atoms with van der Waals surface area (Å²) in [6.07, 6.45) is 9.07. The fraction of sp³-hybridized carbons (Fsp3) is 0. The van der Waals surface area contributed by atoms with Crippen molar-refractivity contribution in [2.75, 3.05) is 0 Å². The van der Waals surface area contributed by atoms with Gasteiger partial charge in [0.05, 0.1) is 22.1 Å². The van der Waals surface area contributed by atoms with Crippen LogP contribution in [0.15, 0.2) is 144 Å². The van der Waals surface area contributed by atoms with E-state index in [1.807, 2.05) is 82.1 Å². The Morgan fingerprint density at radius 1 is 0.435 bits per heavy atom. The van der Waals surface area contributed by atoms with Gasteiger partial charge < -0.3 is 0 Å². The van der Waals surface area contributed by atoms with Crippen LogP contribution in [0.4, 0.5) is 0 Å². The van der Waals surface area contributed by atoms with E-state index in [1.54, 1.807) is 18.6 Å². The maximum Gasteiger partial charge on any atom is 0.240 e. The van der Waals surface area contributed by atoms with Gasteiger partial charge in [0.1, 0.15) is 22.3 Å². The molecule has 0 N–H and O–H groups in total. The van der Waals surface area contributed by atoms with Crippen LogP contribution in [0, 0.1) is 0 Å². The van der Waals surface area contributed by atoms with E-state index < -0.39 is 0 Å². The number of hydrogen-bond donors (Lipinski definition) is 0. The Bertz CT molecular complexity index is 2700. The molecular weight excluding hydrogens is 570 g/mol. The second-order valence-corrected chi connectivity index (χ2v) is 11.0. The van der Waals surface area contributed by atoms with Crippen LogP contribution in [0.3, 0.4) is 0 Å². The van der Waals surface area contributed by atoms with Gasteiger partial charge >= 0.3 is 0 Å². The largest absolute Gasteiger partial charge is 0.284 e. The lowest BCUT2D eigenvalue weighted by Gasteiger charge is -2.10. The minimum Gasteiger partial charge on any atom is -0.284 e. The van der Waals surface area contributed by atoms with Crippen molar-refractivity contribution in [3.63, 3.8) is 0 Å². The molecule has 0 saturated heterocycles. The van der Waals surface area contributed by atoms with Gasteiger partial charge in [0, 0.05) is 52.4 Å². The van der Waals surface area contributed by atoms with E-state index in [1.165, 1.54) is 0 Å². The molecule has 0 bridgehead atoms. The molecule has 9 aromatic rings. The first kappa shape index (κ1) is 24.7. The van der Waals surface area contributed by atoms with E-state index in [2.05, 4.69) is 56.7 Å². The third-order valence-electron chi connectivity index (χ3n) is 8.54. The molecule has 2 aromatic carbocycles. The molecule has 0 unspecified atom stereocenters. The summed E-state index contributed by atoms with van der Waals surface area (Å²) in [5.74, 6) is 1.61. The van der Waals surface area contributed by atoms with Crippen LogP contribution in [0.1, 0.15) is 0 Å². The van der Waals surface area contributed by atoms with Crippen molar-refractivity contribution in [1.29, 1.82) is 0 Å². The summed E-state index contributed by atoms with van der Waals surface area (Å²) in [6.45, 7) is 0. The van der Waals surface area contributed by atoms with Crippen LogP contribution in [0.25, 0.3) is 71.8 Å². The number of pyridine rings is 4. The second kappa shape index (κ2) is 9.40. The molecule has 1 aliphatic heterocycles. The second-order valence-electron chi connectivity index (χ2n) is 11.0. The molecule has 0 atom stereocenters. The predicted octanol–water partition coefficient (Wildman–Crippen LogP) is 7.41. The molecule has 0 radical (unpaired) electrons. The molecule has 46 heavy (non-hydrogen) atoms. The molecule has 0 saturated carbocycles. The van der Waals surface area contributed by atoms with Gasteiger partial charge in [-0.2, -0.15) is 9.98 Å². The standard InChI is InChI=1S/C37H21N9/c1-3-13-27-23(9-1)25-11-5-21-40-35(25)45(27)32-18-17-31(44-29-15-7-19-38-33(29)34-30(44)16-8-20-39-34)42-37(43-32)46-28-14-4-2-10-24(28)26-12-6-22-41-36(26)46/h1-16,18-22H. The van der Waals surface area contributed by atoms with Crippen LogP contribution in [0.5, 0.6) is 0 Å². The van der Waals surface area contributed by atoms with E-state index in [0.717, 1.165) is 65.9 Å². The Balaban J connectivity index is 1.35. The minimum atomic E-state index is 0.445. The molecule has 1 aliphatic rings. The summed E-state index contributed by atoms with van der Waals surface area (Å²) in [6, 6.07) is 32.5. The SMILES string of the molecule is C1=CC(n2c3ccccc3c3cccnc32)=NC(n2c3ccccc3c3cccnc32)=NC=1n1c2cccnc2c2ncccc21. The Morgan fingerprint density at radius 3 is 1.59 bits per heavy atom. The summed E-state index contributed by atoms with van der Waals surface area (Å²) in [4.78, 5) is 29.6. The monoisotopic (exact) mass is 591 g/mol. The zero-order valence-electron chi connectivity index (χ0n) is 24.1. The van der Waals surface area contributed by atoms with Gasteiger partial charge in [0.2, 0.25) is 5.96 Å². The highest BCUT2D eigenvalue weighted by Gasteiger charge is 2.22. The fourth-order valence-electron chi connectivity index (χ4n) is 6.65. The van der Waals surface area contributed by atoms with Gasteiger partial charge in [-0.1, -0.05) is 42.1 Å². The summed E-state index contributed by atoms with van der Waals surface area (Å²) in [5.41, 5.74) is 10.3. The summed E-state index contributed by atoms with van der Waals surface area (Å²) >= 11 is 0. The summed E-state index contributed by atoms with van der Waals surface area (Å²) in [5, 5.41) is 4.21. The maximum absolute atomic E-state index is 5.31. The number of aromatic nitrogens is 7. The highest BCUT2D eigenvalue weighted by molar-refractivity contribution is 6.20. The lowest BCUT2D eigenvalue weighted by Crippen LogP contribution is -2.16. The first-order valence-corrected chi connectivity index (χ1v) is 14.9. The van der Waals surface area contributed by atoms with Gasteiger partial charge in [0.25, 0.3) is 0 Å². The zero-order chi connectivity index (χ0) is 30.2. The average molecular weight is 592 g/mol. The Morgan fingerprint density at radius 2 is 0.935 bits per heavy atom. The molecule has 9 nitrogen and oxygen atoms in total. The van der Waals surface area contributed by atoms with E-state index in [4.69, 9.17) is 20.0 Å². The number of fused-ring (bicyclic) bond motifs is 9. The molecular formula is C37H21N9. The van der Waals surface area contributed by atoms with Crippen molar-refractivity contribution in [1.82, 2.24) is 33.6 Å². The van der Waals surface area contributed by atoms with Gasteiger partial charge in [-0.25, -0.2) is 9.97 Å². The third-order valence-corrected chi connectivity index (χ3v) is 8.54. The van der Waals surface area contributed by atoms with Crippen LogP contribution >= 0.6 is 0 Å². The Hall–Kier alpha value is -6.70. The first-order valence-electron chi connectivity index (χ1n) is 14.9. The van der Waals surface area contributed by atoms with Gasteiger partial charge in [-0.05, 0) is 60.7 Å². The number of hydrogen-bond acceptors (Lipinski definition) is 6. The van der Waals surface area contributed by atoms with E-state index >= 15 is 0 Å². The molecule has 0 amide bonds. The molecule has 214 valence electrons. The Kier molecular flexibility index (Phi) is 5.05. The van der Waals surface area contributed by atoms with Crippen molar-refractivity contribution in [3.05, 3.63) is 134 Å². The lowest BCUT2D eigenvalue weighted by molar-refractivity contribution is 1.12. The van der Waals surface area contributed by atoms with Gasteiger partial charge in [0.15, 0.2) is 11.7 Å². The van der Waals surface area contributed by atoms with Crippen LogP contribution in [0.2, 0.25) is 0 Å². The predicted molar refractivity (Wildman–Crippen MR) is 183 cm³/mol. The van der Waals surface area contributed by atoms with Crippen molar-refractivity contribution in [3.8, 4) is 0 Å². The number of benzene rings is 2. The normalized spacial score (nSPS) is 13.6. The van der Waals surface area contributed by atoms with E-state index in [0.29, 0.717) is 17.6 Å². The highest BCUT2D eigenvalue weighted by atomic mass is 15.3. The maximum atomic E-state index is 5.31. The topological polar surface area (TPSA) is 91.1 Å². The first-order chi connectivity index (χ1) is 22.8.